The van der Waals surface area contributed by atoms with Crippen LogP contribution in [-0.2, 0) is 12.6 Å². The maximum atomic E-state index is 12.9. The van der Waals surface area contributed by atoms with Gasteiger partial charge in [0.05, 0.1) is 17.0 Å². The number of halogens is 3. The summed E-state index contributed by atoms with van der Waals surface area (Å²) in [4.78, 5) is 9.63. The van der Waals surface area contributed by atoms with Gasteiger partial charge in [0.1, 0.15) is 0 Å². The fraction of sp³-hybridized carbons (Fsp3) is 0.333. The molecule has 0 bridgehead atoms. The van der Waals surface area contributed by atoms with Gasteiger partial charge in [-0.25, -0.2) is 0 Å². The van der Waals surface area contributed by atoms with E-state index in [1.54, 1.807) is 24.2 Å². The number of thioether (sulfide) groups is 1. The van der Waals surface area contributed by atoms with E-state index < -0.39 is 11.7 Å². The summed E-state index contributed by atoms with van der Waals surface area (Å²) >= 11 is 1.68. The third-order valence-electron chi connectivity index (χ3n) is 3.54. The summed E-state index contributed by atoms with van der Waals surface area (Å²) in [6.45, 7) is 6.32. The topological polar surface area (TPSA) is 25.2 Å². The minimum atomic E-state index is -4.35. The van der Waals surface area contributed by atoms with E-state index in [1.165, 1.54) is 6.07 Å². The lowest BCUT2D eigenvalue weighted by Crippen LogP contribution is -2.10. The van der Waals surface area contributed by atoms with Gasteiger partial charge in [0.15, 0.2) is 0 Å². The normalized spacial score (nSPS) is 14.5. The van der Waals surface area contributed by atoms with Gasteiger partial charge in [0, 0.05) is 34.0 Å². The first-order valence-electron chi connectivity index (χ1n) is 7.54. The smallest absolute Gasteiger partial charge is 0.264 e. The van der Waals surface area contributed by atoms with Crippen LogP contribution < -0.4 is 0 Å². The molecule has 2 nitrogen and oxygen atoms in total. The zero-order chi connectivity index (χ0) is 17.5. The van der Waals surface area contributed by atoms with E-state index in [0.29, 0.717) is 12.1 Å². The van der Waals surface area contributed by atoms with Gasteiger partial charge in [-0.1, -0.05) is 26.8 Å². The van der Waals surface area contributed by atoms with E-state index in [-0.39, 0.29) is 4.75 Å². The second kappa shape index (κ2) is 5.92. The summed E-state index contributed by atoms with van der Waals surface area (Å²) in [7, 11) is 0. The SMILES string of the molecule is CC(C)(C)Sc1cnccc1C1=Nc2cc(C(F)(F)F)ccc2C1. The second-order valence-corrected chi connectivity index (χ2v) is 8.53. The molecule has 0 atom stereocenters. The van der Waals surface area contributed by atoms with Crippen LogP contribution in [0.15, 0.2) is 46.5 Å². The van der Waals surface area contributed by atoms with Gasteiger partial charge in [-0.15, -0.1) is 11.8 Å². The van der Waals surface area contributed by atoms with Crippen LogP contribution >= 0.6 is 11.8 Å². The van der Waals surface area contributed by atoms with Gasteiger partial charge in [-0.2, -0.15) is 13.2 Å². The van der Waals surface area contributed by atoms with Gasteiger partial charge in [0.2, 0.25) is 0 Å². The molecule has 6 heteroatoms. The van der Waals surface area contributed by atoms with Gasteiger partial charge in [-0.05, 0) is 23.8 Å². The van der Waals surface area contributed by atoms with E-state index in [1.807, 2.05) is 6.07 Å². The number of pyridine rings is 1. The molecule has 0 fully saturated rings. The molecule has 1 aromatic carbocycles. The van der Waals surface area contributed by atoms with Crippen molar-refractivity contribution in [2.45, 2.75) is 43.0 Å². The standard InChI is InChI=1S/C18H17F3N2S/c1-17(2,3)24-16-10-22-7-6-13(16)15-8-11-4-5-12(18(19,20)21)9-14(11)23-15/h4-7,9-10H,8H2,1-3H3. The van der Waals surface area contributed by atoms with Crippen LogP contribution in [0.3, 0.4) is 0 Å². The quantitative estimate of drug-likeness (QED) is 0.652. The zero-order valence-electron chi connectivity index (χ0n) is 13.6. The minimum Gasteiger partial charge on any atom is -0.264 e. The Morgan fingerprint density at radius 3 is 2.50 bits per heavy atom. The Kier molecular flexibility index (Phi) is 4.20. The minimum absolute atomic E-state index is 0.00720. The maximum absolute atomic E-state index is 12.9. The summed E-state index contributed by atoms with van der Waals surface area (Å²) in [5.41, 5.74) is 2.29. The molecule has 24 heavy (non-hydrogen) atoms. The summed E-state index contributed by atoms with van der Waals surface area (Å²) in [6.07, 6.45) is -0.334. The highest BCUT2D eigenvalue weighted by molar-refractivity contribution is 8.00. The number of aliphatic imine (C=N–C) groups is 1. The number of alkyl halides is 3. The van der Waals surface area contributed by atoms with E-state index in [4.69, 9.17) is 0 Å². The number of hydrogen-bond acceptors (Lipinski definition) is 3. The Morgan fingerprint density at radius 1 is 1.08 bits per heavy atom. The van der Waals surface area contributed by atoms with Crippen LogP contribution in [-0.4, -0.2) is 15.4 Å². The Bertz CT molecular complexity index is 805. The van der Waals surface area contributed by atoms with E-state index >= 15 is 0 Å². The van der Waals surface area contributed by atoms with Crippen molar-refractivity contribution in [3.05, 3.63) is 53.3 Å². The first-order chi connectivity index (χ1) is 11.1. The fourth-order valence-corrected chi connectivity index (χ4v) is 3.61. The van der Waals surface area contributed by atoms with Crippen molar-refractivity contribution < 1.29 is 13.2 Å². The molecular formula is C18H17F3N2S. The fourth-order valence-electron chi connectivity index (χ4n) is 2.54. The average molecular weight is 350 g/mol. The number of fused-ring (bicyclic) bond motifs is 1. The highest BCUT2D eigenvalue weighted by Crippen LogP contribution is 2.39. The average Bonchev–Trinajstić information content (AvgIpc) is 2.87. The maximum Gasteiger partial charge on any atom is 0.416 e. The van der Waals surface area contributed by atoms with Crippen molar-refractivity contribution >= 4 is 23.2 Å². The molecule has 1 aliphatic heterocycles. The lowest BCUT2D eigenvalue weighted by molar-refractivity contribution is -0.137. The molecular weight excluding hydrogens is 333 g/mol. The first-order valence-corrected chi connectivity index (χ1v) is 8.36. The Balaban J connectivity index is 1.97. The summed E-state index contributed by atoms with van der Waals surface area (Å²) in [6, 6.07) is 5.64. The number of rotatable bonds is 2. The molecule has 0 saturated carbocycles. The number of hydrogen-bond donors (Lipinski definition) is 0. The molecule has 2 aromatic rings. The van der Waals surface area contributed by atoms with Crippen molar-refractivity contribution in [3.8, 4) is 0 Å². The molecule has 0 amide bonds. The molecule has 1 aliphatic rings. The predicted octanol–water partition coefficient (Wildman–Crippen LogP) is 5.67. The zero-order valence-corrected chi connectivity index (χ0v) is 14.4. The number of benzene rings is 1. The van der Waals surface area contributed by atoms with Crippen LogP contribution in [0.5, 0.6) is 0 Å². The van der Waals surface area contributed by atoms with E-state index in [9.17, 15) is 13.2 Å². The lowest BCUT2D eigenvalue weighted by atomic mass is 10.0. The molecule has 0 saturated heterocycles. The molecule has 0 unspecified atom stereocenters. The molecule has 126 valence electrons. The summed E-state index contributed by atoms with van der Waals surface area (Å²) in [5.74, 6) is 0. The molecule has 0 aliphatic carbocycles. The summed E-state index contributed by atoms with van der Waals surface area (Å²) < 4.78 is 38.6. The van der Waals surface area contributed by atoms with Crippen molar-refractivity contribution in [2.24, 2.45) is 4.99 Å². The van der Waals surface area contributed by atoms with Crippen LogP contribution in [0, 0.1) is 0 Å². The van der Waals surface area contributed by atoms with Gasteiger partial charge >= 0.3 is 6.18 Å². The van der Waals surface area contributed by atoms with Crippen LogP contribution in [0.1, 0.15) is 37.5 Å². The van der Waals surface area contributed by atoms with Crippen molar-refractivity contribution in [2.75, 3.05) is 0 Å². The van der Waals surface area contributed by atoms with Crippen molar-refractivity contribution in [1.82, 2.24) is 4.98 Å². The molecule has 0 spiro atoms. The molecule has 3 rings (SSSR count). The van der Waals surface area contributed by atoms with Crippen LogP contribution in [0.4, 0.5) is 18.9 Å². The van der Waals surface area contributed by atoms with Gasteiger partial charge in [0.25, 0.3) is 0 Å². The van der Waals surface area contributed by atoms with Gasteiger partial charge < -0.3 is 0 Å². The second-order valence-electron chi connectivity index (χ2n) is 6.66. The molecule has 1 aromatic heterocycles. The first kappa shape index (κ1) is 17.0. The molecule has 0 radical (unpaired) electrons. The van der Waals surface area contributed by atoms with Crippen LogP contribution in [0.25, 0.3) is 0 Å². The Labute approximate surface area is 143 Å². The van der Waals surface area contributed by atoms with E-state index in [2.05, 4.69) is 30.7 Å². The Hall–Kier alpha value is -1.82. The Morgan fingerprint density at radius 2 is 1.83 bits per heavy atom. The predicted molar refractivity (Wildman–Crippen MR) is 91.2 cm³/mol. The van der Waals surface area contributed by atoms with Crippen LogP contribution in [0.2, 0.25) is 0 Å². The third kappa shape index (κ3) is 3.64. The van der Waals surface area contributed by atoms with E-state index in [0.717, 1.165) is 33.9 Å². The van der Waals surface area contributed by atoms with Crippen molar-refractivity contribution in [3.63, 3.8) is 0 Å². The van der Waals surface area contributed by atoms with Crippen molar-refractivity contribution in [1.29, 1.82) is 0 Å². The lowest BCUT2D eigenvalue weighted by Gasteiger charge is -2.19. The monoisotopic (exact) mass is 350 g/mol. The molecule has 0 N–H and O–H groups in total. The highest BCUT2D eigenvalue weighted by Gasteiger charge is 2.32. The van der Waals surface area contributed by atoms with Gasteiger partial charge in [-0.3, -0.25) is 9.98 Å². The molecule has 2 heterocycles. The number of aromatic nitrogens is 1. The largest absolute Gasteiger partial charge is 0.416 e. The number of nitrogens with zero attached hydrogens (tertiary/aromatic N) is 2. The summed E-state index contributed by atoms with van der Waals surface area (Å²) in [5, 5.41) is 0. The third-order valence-corrected chi connectivity index (χ3v) is 4.70. The highest BCUT2D eigenvalue weighted by atomic mass is 32.2.